The number of methoxy groups -OCH3 is 1. The molecule has 7 heteroatoms. The van der Waals surface area contributed by atoms with Gasteiger partial charge in [0.15, 0.2) is 0 Å². The van der Waals surface area contributed by atoms with E-state index in [1.165, 1.54) is 0 Å². The van der Waals surface area contributed by atoms with E-state index in [1.807, 2.05) is 56.3 Å². The van der Waals surface area contributed by atoms with Crippen LogP contribution in [0.3, 0.4) is 0 Å². The SMILES string of the molecule is CCN(Cc1ccccc1Oc1ccc(OC)cc1)C1CCN(c2ncccc2C(=O)OC(C)C)C1. The molecule has 0 N–H and O–H groups in total. The van der Waals surface area contributed by atoms with Gasteiger partial charge in [0.05, 0.1) is 13.2 Å². The Kier molecular flexibility index (Phi) is 8.44. The van der Waals surface area contributed by atoms with Crippen molar-refractivity contribution >= 4 is 11.8 Å². The first-order chi connectivity index (χ1) is 17.5. The van der Waals surface area contributed by atoms with E-state index < -0.39 is 0 Å². The summed E-state index contributed by atoms with van der Waals surface area (Å²) in [4.78, 5) is 21.9. The summed E-state index contributed by atoms with van der Waals surface area (Å²) >= 11 is 0. The Labute approximate surface area is 213 Å². The lowest BCUT2D eigenvalue weighted by Gasteiger charge is -2.29. The molecular formula is C29H35N3O4. The van der Waals surface area contributed by atoms with Crippen LogP contribution in [-0.2, 0) is 11.3 Å². The minimum atomic E-state index is -0.325. The van der Waals surface area contributed by atoms with E-state index in [9.17, 15) is 4.79 Å². The fraction of sp³-hybridized carbons (Fsp3) is 0.379. The van der Waals surface area contributed by atoms with Gasteiger partial charge < -0.3 is 19.1 Å². The van der Waals surface area contributed by atoms with Gasteiger partial charge in [0, 0.05) is 37.4 Å². The van der Waals surface area contributed by atoms with Crippen molar-refractivity contribution in [2.45, 2.75) is 45.9 Å². The van der Waals surface area contributed by atoms with Gasteiger partial charge in [-0.25, -0.2) is 9.78 Å². The number of carbonyl (C=O) groups is 1. The summed E-state index contributed by atoms with van der Waals surface area (Å²) in [5.41, 5.74) is 1.65. The fourth-order valence-corrected chi connectivity index (χ4v) is 4.54. The number of carbonyl (C=O) groups excluding carboxylic acids is 1. The van der Waals surface area contributed by atoms with Crippen LogP contribution in [0.4, 0.5) is 5.82 Å². The molecule has 1 fully saturated rings. The van der Waals surface area contributed by atoms with Crippen molar-refractivity contribution in [1.29, 1.82) is 0 Å². The van der Waals surface area contributed by atoms with Crippen LogP contribution in [0, 0.1) is 0 Å². The zero-order chi connectivity index (χ0) is 25.5. The first kappa shape index (κ1) is 25.5. The van der Waals surface area contributed by atoms with Crippen LogP contribution in [0.15, 0.2) is 66.9 Å². The van der Waals surface area contributed by atoms with Crippen LogP contribution in [0.5, 0.6) is 17.2 Å². The van der Waals surface area contributed by atoms with Gasteiger partial charge >= 0.3 is 5.97 Å². The molecule has 1 atom stereocenters. The van der Waals surface area contributed by atoms with E-state index in [1.54, 1.807) is 25.4 Å². The number of hydrogen-bond donors (Lipinski definition) is 0. The van der Waals surface area contributed by atoms with Crippen molar-refractivity contribution < 1.29 is 19.0 Å². The number of hydrogen-bond acceptors (Lipinski definition) is 7. The lowest BCUT2D eigenvalue weighted by molar-refractivity contribution is 0.0378. The molecule has 0 aliphatic carbocycles. The molecule has 7 nitrogen and oxygen atoms in total. The predicted molar refractivity (Wildman–Crippen MR) is 141 cm³/mol. The third kappa shape index (κ3) is 6.15. The highest BCUT2D eigenvalue weighted by molar-refractivity contribution is 5.95. The van der Waals surface area contributed by atoms with Gasteiger partial charge in [-0.2, -0.15) is 0 Å². The molecule has 1 aliphatic heterocycles. The van der Waals surface area contributed by atoms with E-state index >= 15 is 0 Å². The van der Waals surface area contributed by atoms with E-state index in [0.717, 1.165) is 55.4 Å². The van der Waals surface area contributed by atoms with Crippen molar-refractivity contribution in [2.75, 3.05) is 31.6 Å². The first-order valence-corrected chi connectivity index (χ1v) is 12.5. The molecule has 0 amide bonds. The largest absolute Gasteiger partial charge is 0.497 e. The van der Waals surface area contributed by atoms with Crippen LogP contribution in [0.2, 0.25) is 0 Å². The second-order valence-corrected chi connectivity index (χ2v) is 9.17. The van der Waals surface area contributed by atoms with Crippen LogP contribution < -0.4 is 14.4 Å². The van der Waals surface area contributed by atoms with Crippen molar-refractivity contribution in [2.24, 2.45) is 0 Å². The summed E-state index contributed by atoms with van der Waals surface area (Å²) in [5, 5.41) is 0. The molecule has 1 unspecified atom stereocenters. The molecule has 36 heavy (non-hydrogen) atoms. The van der Waals surface area contributed by atoms with Gasteiger partial charge in [0.1, 0.15) is 28.6 Å². The molecule has 0 bridgehead atoms. The Morgan fingerprint density at radius 2 is 1.83 bits per heavy atom. The number of anilines is 1. The molecule has 4 rings (SSSR count). The van der Waals surface area contributed by atoms with Gasteiger partial charge in [0.25, 0.3) is 0 Å². The van der Waals surface area contributed by atoms with Crippen molar-refractivity contribution in [3.8, 4) is 17.2 Å². The van der Waals surface area contributed by atoms with E-state index in [-0.39, 0.29) is 12.1 Å². The molecule has 3 aromatic rings. The zero-order valence-corrected chi connectivity index (χ0v) is 21.5. The van der Waals surface area contributed by atoms with E-state index in [4.69, 9.17) is 14.2 Å². The molecule has 0 radical (unpaired) electrons. The molecule has 1 aliphatic rings. The zero-order valence-electron chi connectivity index (χ0n) is 21.5. The molecule has 0 spiro atoms. The average molecular weight is 490 g/mol. The summed E-state index contributed by atoms with van der Waals surface area (Å²) in [7, 11) is 1.65. The summed E-state index contributed by atoms with van der Waals surface area (Å²) in [6.07, 6.45) is 2.55. The van der Waals surface area contributed by atoms with Crippen molar-refractivity contribution in [1.82, 2.24) is 9.88 Å². The molecular weight excluding hydrogens is 454 g/mol. The monoisotopic (exact) mass is 489 g/mol. The number of aromatic nitrogens is 1. The number of esters is 1. The van der Waals surface area contributed by atoms with Gasteiger partial charge in [-0.15, -0.1) is 0 Å². The molecule has 190 valence electrons. The second kappa shape index (κ2) is 11.9. The Morgan fingerprint density at radius 1 is 1.08 bits per heavy atom. The maximum atomic E-state index is 12.6. The topological polar surface area (TPSA) is 64.1 Å². The smallest absolute Gasteiger partial charge is 0.342 e. The number of para-hydroxylation sites is 1. The third-order valence-corrected chi connectivity index (χ3v) is 6.37. The Bertz CT molecular complexity index is 1150. The predicted octanol–water partition coefficient (Wildman–Crippen LogP) is 5.55. The summed E-state index contributed by atoms with van der Waals surface area (Å²) in [6.45, 7) is 9.20. The lowest BCUT2D eigenvalue weighted by atomic mass is 10.1. The minimum absolute atomic E-state index is 0.173. The Balaban J connectivity index is 1.46. The van der Waals surface area contributed by atoms with Crippen LogP contribution in [0.25, 0.3) is 0 Å². The van der Waals surface area contributed by atoms with Crippen LogP contribution >= 0.6 is 0 Å². The highest BCUT2D eigenvalue weighted by atomic mass is 16.5. The molecule has 0 saturated carbocycles. The maximum Gasteiger partial charge on any atom is 0.342 e. The Morgan fingerprint density at radius 3 is 2.56 bits per heavy atom. The van der Waals surface area contributed by atoms with Crippen LogP contribution in [0.1, 0.15) is 43.1 Å². The van der Waals surface area contributed by atoms with Gasteiger partial charge in [0.2, 0.25) is 0 Å². The molecule has 2 aromatic carbocycles. The number of benzene rings is 2. The molecule has 1 aromatic heterocycles. The second-order valence-electron chi connectivity index (χ2n) is 9.17. The minimum Gasteiger partial charge on any atom is -0.497 e. The van der Waals surface area contributed by atoms with Crippen molar-refractivity contribution in [3.05, 3.63) is 78.0 Å². The number of ether oxygens (including phenoxy) is 3. The number of nitrogens with zero attached hydrogens (tertiary/aromatic N) is 3. The fourth-order valence-electron chi connectivity index (χ4n) is 4.54. The average Bonchev–Trinajstić information content (AvgIpc) is 3.38. The van der Waals surface area contributed by atoms with Crippen LogP contribution in [-0.4, -0.2) is 54.7 Å². The standard InChI is InChI=1S/C29H35N3O4/c1-5-31(19-22-9-6-7-11-27(22)36-25-14-12-24(34-4)13-15-25)23-16-18-32(20-23)28-26(10-8-17-30-28)29(33)35-21(2)3/h6-15,17,21,23H,5,16,18-20H2,1-4H3. The summed E-state index contributed by atoms with van der Waals surface area (Å²) in [6, 6.07) is 19.7. The highest BCUT2D eigenvalue weighted by Crippen LogP contribution is 2.30. The first-order valence-electron chi connectivity index (χ1n) is 12.5. The van der Waals surface area contributed by atoms with E-state index in [2.05, 4.69) is 27.8 Å². The number of pyridine rings is 1. The Hall–Kier alpha value is -3.58. The third-order valence-electron chi connectivity index (χ3n) is 6.37. The molecule has 2 heterocycles. The van der Waals surface area contributed by atoms with Gasteiger partial charge in [-0.05, 0) is 69.3 Å². The quantitative estimate of drug-likeness (QED) is 0.346. The number of likely N-dealkylation sites (N-methyl/N-ethyl adjacent to an activating group) is 1. The number of rotatable bonds is 10. The van der Waals surface area contributed by atoms with E-state index in [0.29, 0.717) is 17.4 Å². The maximum absolute atomic E-state index is 12.6. The van der Waals surface area contributed by atoms with Gasteiger partial charge in [-0.1, -0.05) is 25.1 Å². The normalized spacial score (nSPS) is 15.4. The summed E-state index contributed by atoms with van der Waals surface area (Å²) < 4.78 is 16.9. The lowest BCUT2D eigenvalue weighted by Crippen LogP contribution is -2.37. The molecule has 1 saturated heterocycles. The highest BCUT2D eigenvalue weighted by Gasteiger charge is 2.30. The summed E-state index contributed by atoms with van der Waals surface area (Å²) in [5.74, 6) is 2.79. The van der Waals surface area contributed by atoms with Crippen molar-refractivity contribution in [3.63, 3.8) is 0 Å². The van der Waals surface area contributed by atoms with Gasteiger partial charge in [-0.3, -0.25) is 4.90 Å².